The zero-order valence-electron chi connectivity index (χ0n) is 17.7. The van der Waals surface area contributed by atoms with Gasteiger partial charge < -0.3 is 79.9 Å². The van der Waals surface area contributed by atoms with Crippen LogP contribution in [0.4, 0.5) is 0 Å². The van der Waals surface area contributed by atoms with E-state index in [-0.39, 0.29) is 0 Å². The number of hydrogen-bond acceptors (Lipinski definition) is 16. The second-order valence-electron chi connectivity index (χ2n) is 8.34. The summed E-state index contributed by atoms with van der Waals surface area (Å²) in [6, 6.07) is 0. The minimum absolute atomic E-state index is 0.740. The summed E-state index contributed by atoms with van der Waals surface area (Å²) in [7, 11) is 0. The van der Waals surface area contributed by atoms with Crippen molar-refractivity contribution >= 4 is 0 Å². The molecule has 3 aliphatic rings. The van der Waals surface area contributed by atoms with Crippen molar-refractivity contribution in [2.45, 2.75) is 92.1 Å². The van der Waals surface area contributed by atoms with Crippen LogP contribution in [0.25, 0.3) is 0 Å². The fraction of sp³-hybridized carbons (Fsp3) is 1.00. The molecule has 3 rings (SSSR count). The Bertz CT molecular complexity index is 635. The number of hydrogen-bond donors (Lipinski definition) is 11. The molecule has 16 heteroatoms. The molecule has 34 heavy (non-hydrogen) atoms. The van der Waals surface area contributed by atoms with Crippen LogP contribution in [-0.4, -0.2) is 168 Å². The van der Waals surface area contributed by atoms with E-state index in [1.165, 1.54) is 0 Å². The van der Waals surface area contributed by atoms with Gasteiger partial charge in [0.05, 0.1) is 19.8 Å². The van der Waals surface area contributed by atoms with Gasteiger partial charge in [0.2, 0.25) is 0 Å². The van der Waals surface area contributed by atoms with Crippen LogP contribution in [0.1, 0.15) is 0 Å². The average Bonchev–Trinajstić information content (AvgIpc) is 2.83. The van der Waals surface area contributed by atoms with Crippen LogP contribution in [0.15, 0.2) is 0 Å². The van der Waals surface area contributed by atoms with Gasteiger partial charge in [-0.25, -0.2) is 0 Å². The highest BCUT2D eigenvalue weighted by atomic mass is 16.8. The Balaban J connectivity index is 1.69. The largest absolute Gasteiger partial charge is 0.394 e. The second kappa shape index (κ2) is 11.6. The highest BCUT2D eigenvalue weighted by molar-refractivity contribution is 4.95. The monoisotopic (exact) mass is 504 g/mol. The van der Waals surface area contributed by atoms with Crippen molar-refractivity contribution in [3.8, 4) is 0 Å². The van der Waals surface area contributed by atoms with Gasteiger partial charge in [0.25, 0.3) is 0 Å². The van der Waals surface area contributed by atoms with Crippen LogP contribution in [0.5, 0.6) is 0 Å². The van der Waals surface area contributed by atoms with E-state index in [0.717, 1.165) is 0 Å². The highest BCUT2D eigenvalue weighted by Gasteiger charge is 2.52. The lowest BCUT2D eigenvalue weighted by molar-refractivity contribution is -0.391. The van der Waals surface area contributed by atoms with E-state index in [1.807, 2.05) is 0 Å². The molecule has 3 saturated heterocycles. The third-order valence-corrected chi connectivity index (χ3v) is 6.08. The summed E-state index contributed by atoms with van der Waals surface area (Å²) in [6.45, 7) is -2.30. The first-order valence-corrected chi connectivity index (χ1v) is 10.6. The summed E-state index contributed by atoms with van der Waals surface area (Å²) < 4.78 is 26.5. The molecule has 0 aromatic carbocycles. The van der Waals surface area contributed by atoms with Gasteiger partial charge in [0.15, 0.2) is 18.9 Å². The summed E-state index contributed by atoms with van der Waals surface area (Å²) in [5.74, 6) is 0. The van der Waals surface area contributed by atoms with Gasteiger partial charge in [-0.15, -0.1) is 0 Å². The summed E-state index contributed by atoms with van der Waals surface area (Å²) in [5.41, 5.74) is 0. The van der Waals surface area contributed by atoms with E-state index in [2.05, 4.69) is 0 Å². The first-order chi connectivity index (χ1) is 16.0. The molecule has 0 radical (unpaired) electrons. The van der Waals surface area contributed by atoms with Crippen LogP contribution in [-0.2, 0) is 23.7 Å². The first kappa shape index (κ1) is 27.9. The highest BCUT2D eigenvalue weighted by Crippen LogP contribution is 2.31. The molecular formula is C18H32O16. The fourth-order valence-corrected chi connectivity index (χ4v) is 3.98. The molecule has 0 saturated carbocycles. The minimum Gasteiger partial charge on any atom is -0.394 e. The predicted octanol–water partition coefficient (Wildman–Crippen LogP) is -7.57. The Kier molecular flexibility index (Phi) is 9.54. The van der Waals surface area contributed by atoms with Gasteiger partial charge in [-0.3, -0.25) is 0 Å². The zero-order valence-corrected chi connectivity index (χ0v) is 17.7. The van der Waals surface area contributed by atoms with Crippen LogP contribution < -0.4 is 0 Å². The van der Waals surface area contributed by atoms with E-state index in [1.54, 1.807) is 0 Å². The van der Waals surface area contributed by atoms with Crippen molar-refractivity contribution in [1.82, 2.24) is 0 Å². The lowest BCUT2D eigenvalue weighted by Crippen LogP contribution is -2.66. The summed E-state index contributed by atoms with van der Waals surface area (Å²) in [4.78, 5) is 0. The molecule has 0 aromatic heterocycles. The maximum absolute atomic E-state index is 10.6. The van der Waals surface area contributed by atoms with Gasteiger partial charge in [0, 0.05) is 0 Å². The number of ether oxygens (including phenoxy) is 5. The molecule has 0 spiro atoms. The molecule has 200 valence electrons. The lowest BCUT2D eigenvalue weighted by Gasteiger charge is -2.47. The van der Waals surface area contributed by atoms with Crippen LogP contribution in [0.3, 0.4) is 0 Å². The van der Waals surface area contributed by atoms with Gasteiger partial charge in [-0.1, -0.05) is 0 Å². The second-order valence-corrected chi connectivity index (χ2v) is 8.34. The molecule has 3 aliphatic heterocycles. The molecule has 0 aromatic rings. The summed E-state index contributed by atoms with van der Waals surface area (Å²) >= 11 is 0. The number of aliphatic hydroxyl groups excluding tert-OH is 11. The van der Waals surface area contributed by atoms with Crippen LogP contribution in [0.2, 0.25) is 0 Å². The third kappa shape index (κ3) is 5.37. The standard InChI is InChI=1S/C18H32O16/c19-1-4-7(22)9(24)12(27)16(30-4)33-15-6(3-21)32-18(14(29)11(15)26)34-17-13(28)10(25)8(23)5(2-20)31-17/h4-29H,1-3H2/t4-,5-,6-,7+,8+,9+,10+,11-,12-,13-,14-,15-,16+,17?,18+/m1/s1. The maximum Gasteiger partial charge on any atom is 0.189 e. The van der Waals surface area contributed by atoms with Crippen molar-refractivity contribution in [2.75, 3.05) is 19.8 Å². The van der Waals surface area contributed by atoms with Crippen LogP contribution >= 0.6 is 0 Å². The average molecular weight is 504 g/mol. The molecule has 3 heterocycles. The molecule has 0 amide bonds. The predicted molar refractivity (Wildman–Crippen MR) is 101 cm³/mol. The van der Waals surface area contributed by atoms with Gasteiger partial charge in [-0.05, 0) is 0 Å². The van der Waals surface area contributed by atoms with Crippen molar-refractivity contribution in [3.63, 3.8) is 0 Å². The molecule has 3 fully saturated rings. The Labute approximate surface area is 192 Å². The van der Waals surface area contributed by atoms with Crippen LogP contribution in [0, 0.1) is 0 Å². The molecule has 15 atom stereocenters. The van der Waals surface area contributed by atoms with Crippen molar-refractivity contribution in [2.24, 2.45) is 0 Å². The lowest BCUT2D eigenvalue weighted by atomic mass is 9.96. The van der Waals surface area contributed by atoms with E-state index in [9.17, 15) is 56.2 Å². The maximum atomic E-state index is 10.6. The van der Waals surface area contributed by atoms with Gasteiger partial charge in [-0.2, -0.15) is 0 Å². The molecular weight excluding hydrogens is 472 g/mol. The summed E-state index contributed by atoms with van der Waals surface area (Å²) in [6.07, 6.45) is -25.1. The smallest absolute Gasteiger partial charge is 0.189 e. The minimum atomic E-state index is -1.91. The number of aliphatic hydroxyl groups is 11. The topological polar surface area (TPSA) is 269 Å². The third-order valence-electron chi connectivity index (χ3n) is 6.08. The number of rotatable bonds is 7. The molecule has 0 bridgehead atoms. The van der Waals surface area contributed by atoms with Crippen molar-refractivity contribution in [1.29, 1.82) is 0 Å². The molecule has 0 aliphatic carbocycles. The Morgan fingerprint density at radius 2 is 0.765 bits per heavy atom. The fourth-order valence-electron chi connectivity index (χ4n) is 3.98. The first-order valence-electron chi connectivity index (χ1n) is 10.6. The summed E-state index contributed by atoms with van der Waals surface area (Å²) in [5, 5.41) is 109. The van der Waals surface area contributed by atoms with Crippen molar-refractivity contribution in [3.05, 3.63) is 0 Å². The molecule has 1 unspecified atom stereocenters. The van der Waals surface area contributed by atoms with E-state index >= 15 is 0 Å². The SMILES string of the molecule is OC[C@H]1O[C@@H](O[C@H]2[C@H](O)[C@@H](O)[C@H](OC3O[C@H](CO)[C@H](O)[C@H](O)[C@H]3O)O[C@@H]2CO)[C@H](O)[C@@H](O)[C@H]1O. The van der Waals surface area contributed by atoms with E-state index in [0.29, 0.717) is 0 Å². The molecule has 16 nitrogen and oxygen atoms in total. The normalized spacial score (nSPS) is 52.5. The van der Waals surface area contributed by atoms with Gasteiger partial charge in [0.1, 0.15) is 73.2 Å². The Hall–Kier alpha value is -0.640. The van der Waals surface area contributed by atoms with E-state index < -0.39 is 112 Å². The zero-order chi connectivity index (χ0) is 25.3. The Morgan fingerprint density at radius 1 is 0.412 bits per heavy atom. The Morgan fingerprint density at radius 3 is 1.18 bits per heavy atom. The van der Waals surface area contributed by atoms with Crippen molar-refractivity contribution < 1.29 is 79.9 Å². The quantitative estimate of drug-likeness (QED) is 0.154. The van der Waals surface area contributed by atoms with Gasteiger partial charge >= 0.3 is 0 Å². The van der Waals surface area contributed by atoms with E-state index in [4.69, 9.17) is 23.7 Å². The molecule has 11 N–H and O–H groups in total.